The summed E-state index contributed by atoms with van der Waals surface area (Å²) in [5, 5.41) is 0.548. The van der Waals surface area contributed by atoms with Gasteiger partial charge < -0.3 is 9.47 Å². The summed E-state index contributed by atoms with van der Waals surface area (Å²) >= 11 is 0. The molecule has 0 radical (unpaired) electrons. The second-order valence-electron chi connectivity index (χ2n) is 7.82. The van der Waals surface area contributed by atoms with Crippen LogP contribution in [0.3, 0.4) is 0 Å². The second kappa shape index (κ2) is 7.95. The van der Waals surface area contributed by atoms with Crippen molar-refractivity contribution in [3.63, 3.8) is 0 Å². The van der Waals surface area contributed by atoms with Crippen molar-refractivity contribution in [3.05, 3.63) is 81.1 Å². The van der Waals surface area contributed by atoms with Crippen LogP contribution >= 0.6 is 0 Å². The van der Waals surface area contributed by atoms with Crippen LogP contribution in [-0.4, -0.2) is 26.8 Å². The minimum atomic E-state index is -0.331. The number of aromatic nitrogens is 3. The Hall–Kier alpha value is -3.54. The smallest absolute Gasteiger partial charge is 0.330 e. The molecular formula is C25H28N4O2. The van der Waals surface area contributed by atoms with Crippen molar-refractivity contribution in [1.29, 1.82) is 0 Å². The SMILES string of the molecule is CCN(CC)c1ccc(-n2cc3c(c2-c2ccccc2C)c(=O)n(C)c(=O)n3C)cc1. The first-order valence-corrected chi connectivity index (χ1v) is 10.6. The minimum Gasteiger partial charge on any atom is -0.372 e. The largest absolute Gasteiger partial charge is 0.372 e. The van der Waals surface area contributed by atoms with Crippen LogP contribution in [0.4, 0.5) is 5.69 Å². The van der Waals surface area contributed by atoms with Crippen LogP contribution < -0.4 is 16.1 Å². The summed E-state index contributed by atoms with van der Waals surface area (Å²) in [7, 11) is 3.24. The monoisotopic (exact) mass is 416 g/mol. The molecule has 0 bridgehead atoms. The van der Waals surface area contributed by atoms with E-state index in [9.17, 15) is 9.59 Å². The van der Waals surface area contributed by atoms with E-state index in [-0.39, 0.29) is 11.2 Å². The Morgan fingerprint density at radius 1 is 0.871 bits per heavy atom. The summed E-state index contributed by atoms with van der Waals surface area (Å²) in [6.45, 7) is 8.20. The van der Waals surface area contributed by atoms with E-state index in [1.807, 2.05) is 42.0 Å². The van der Waals surface area contributed by atoms with Crippen LogP contribution in [0.5, 0.6) is 0 Å². The van der Waals surface area contributed by atoms with Crippen molar-refractivity contribution < 1.29 is 0 Å². The molecule has 2 heterocycles. The molecule has 4 aromatic rings. The van der Waals surface area contributed by atoms with Crippen molar-refractivity contribution in [2.45, 2.75) is 20.8 Å². The van der Waals surface area contributed by atoms with Crippen molar-refractivity contribution in [1.82, 2.24) is 13.7 Å². The Labute approximate surface area is 181 Å². The topological polar surface area (TPSA) is 52.2 Å². The lowest BCUT2D eigenvalue weighted by atomic mass is 10.0. The fourth-order valence-corrected chi connectivity index (χ4v) is 4.26. The fraction of sp³-hybridized carbons (Fsp3) is 0.280. The first-order chi connectivity index (χ1) is 14.9. The zero-order chi connectivity index (χ0) is 22.3. The quantitative estimate of drug-likeness (QED) is 0.497. The highest BCUT2D eigenvalue weighted by Crippen LogP contribution is 2.33. The van der Waals surface area contributed by atoms with Gasteiger partial charge in [0.15, 0.2) is 0 Å². The van der Waals surface area contributed by atoms with E-state index in [2.05, 4.69) is 43.0 Å². The summed E-state index contributed by atoms with van der Waals surface area (Å²) in [6.07, 6.45) is 1.90. The molecule has 0 spiro atoms. The van der Waals surface area contributed by atoms with Crippen LogP contribution in [0.15, 0.2) is 64.3 Å². The zero-order valence-corrected chi connectivity index (χ0v) is 18.7. The van der Waals surface area contributed by atoms with E-state index >= 15 is 0 Å². The molecule has 0 aliphatic heterocycles. The van der Waals surface area contributed by atoms with Gasteiger partial charge in [-0.2, -0.15) is 0 Å². The van der Waals surface area contributed by atoms with Crippen molar-refractivity contribution in [3.8, 4) is 16.9 Å². The maximum absolute atomic E-state index is 13.2. The molecule has 0 aliphatic carbocycles. The van der Waals surface area contributed by atoms with Gasteiger partial charge in [-0.1, -0.05) is 24.3 Å². The third-order valence-corrected chi connectivity index (χ3v) is 6.10. The predicted molar refractivity (Wildman–Crippen MR) is 127 cm³/mol. The maximum Gasteiger partial charge on any atom is 0.330 e. The molecule has 2 aromatic heterocycles. The molecule has 31 heavy (non-hydrogen) atoms. The minimum absolute atomic E-state index is 0.283. The van der Waals surface area contributed by atoms with Crippen molar-refractivity contribution in [2.24, 2.45) is 14.1 Å². The lowest BCUT2D eigenvalue weighted by molar-refractivity contribution is 0.714. The van der Waals surface area contributed by atoms with E-state index < -0.39 is 0 Å². The fourth-order valence-electron chi connectivity index (χ4n) is 4.26. The highest BCUT2D eigenvalue weighted by molar-refractivity contribution is 5.95. The van der Waals surface area contributed by atoms with Gasteiger partial charge in [0, 0.05) is 50.3 Å². The third kappa shape index (κ3) is 3.28. The average molecular weight is 417 g/mol. The van der Waals surface area contributed by atoms with Gasteiger partial charge in [0.2, 0.25) is 0 Å². The van der Waals surface area contributed by atoms with Gasteiger partial charge >= 0.3 is 5.69 Å². The van der Waals surface area contributed by atoms with E-state index in [4.69, 9.17) is 0 Å². The Balaban J connectivity index is 2.06. The predicted octanol–water partition coefficient (Wildman–Crippen LogP) is 3.85. The van der Waals surface area contributed by atoms with Gasteiger partial charge in [-0.3, -0.25) is 13.9 Å². The highest BCUT2D eigenvalue weighted by atomic mass is 16.2. The van der Waals surface area contributed by atoms with Crippen LogP contribution in [0.2, 0.25) is 0 Å². The number of benzene rings is 2. The van der Waals surface area contributed by atoms with Crippen molar-refractivity contribution >= 4 is 16.6 Å². The first kappa shape index (κ1) is 20.7. The molecule has 0 saturated heterocycles. The summed E-state index contributed by atoms with van der Waals surface area (Å²) in [4.78, 5) is 28.1. The molecule has 0 N–H and O–H groups in total. The van der Waals surface area contributed by atoms with Crippen molar-refractivity contribution in [2.75, 3.05) is 18.0 Å². The van der Waals surface area contributed by atoms with E-state index in [0.717, 1.165) is 41.3 Å². The molecule has 0 atom stereocenters. The number of rotatable bonds is 5. The van der Waals surface area contributed by atoms with Crippen LogP contribution in [-0.2, 0) is 14.1 Å². The number of anilines is 1. The molecule has 2 aromatic carbocycles. The average Bonchev–Trinajstić information content (AvgIpc) is 3.18. The summed E-state index contributed by atoms with van der Waals surface area (Å²) in [5.74, 6) is 0. The number of hydrogen-bond acceptors (Lipinski definition) is 3. The summed E-state index contributed by atoms with van der Waals surface area (Å²) in [6, 6.07) is 16.4. The summed E-state index contributed by atoms with van der Waals surface area (Å²) in [5.41, 5.74) is 4.96. The third-order valence-electron chi connectivity index (χ3n) is 6.10. The molecule has 0 amide bonds. The standard InChI is InChI=1S/C25H28N4O2/c1-6-28(7-2)18-12-14-19(15-13-18)29-16-21-22(24(30)27(5)25(31)26(21)4)23(29)20-11-9-8-10-17(20)3/h8-16H,6-7H2,1-5H3. The number of aryl methyl sites for hydroxylation is 2. The Bertz CT molecular complexity index is 1370. The van der Waals surface area contributed by atoms with Gasteiger partial charge in [-0.25, -0.2) is 4.79 Å². The lowest BCUT2D eigenvalue weighted by Crippen LogP contribution is -2.36. The normalized spacial score (nSPS) is 11.3. The molecule has 0 unspecified atom stereocenters. The Kier molecular flexibility index (Phi) is 5.31. The number of fused-ring (bicyclic) bond motifs is 1. The maximum atomic E-state index is 13.2. The first-order valence-electron chi connectivity index (χ1n) is 10.6. The molecule has 0 fully saturated rings. The van der Waals surface area contributed by atoms with Gasteiger partial charge in [0.1, 0.15) is 0 Å². The van der Waals surface area contributed by atoms with Gasteiger partial charge in [0.05, 0.1) is 16.6 Å². The highest BCUT2D eigenvalue weighted by Gasteiger charge is 2.21. The lowest BCUT2D eigenvalue weighted by Gasteiger charge is -2.21. The summed E-state index contributed by atoms with van der Waals surface area (Å²) < 4.78 is 4.75. The molecule has 6 nitrogen and oxygen atoms in total. The molecular weight excluding hydrogens is 388 g/mol. The number of nitrogens with zero attached hydrogens (tertiary/aromatic N) is 4. The van der Waals surface area contributed by atoms with E-state index in [1.165, 1.54) is 11.6 Å². The van der Waals surface area contributed by atoms with Crippen LogP contribution in [0, 0.1) is 6.92 Å². The number of hydrogen-bond donors (Lipinski definition) is 0. The van der Waals surface area contributed by atoms with Gasteiger partial charge in [-0.15, -0.1) is 0 Å². The van der Waals surface area contributed by atoms with Crippen LogP contribution in [0.25, 0.3) is 27.8 Å². The second-order valence-corrected chi connectivity index (χ2v) is 7.82. The van der Waals surface area contributed by atoms with Gasteiger partial charge in [0.25, 0.3) is 5.56 Å². The van der Waals surface area contributed by atoms with Crippen LogP contribution in [0.1, 0.15) is 19.4 Å². The van der Waals surface area contributed by atoms with E-state index in [0.29, 0.717) is 10.9 Å². The van der Waals surface area contributed by atoms with Gasteiger partial charge in [-0.05, 0) is 50.6 Å². The Morgan fingerprint density at radius 3 is 2.13 bits per heavy atom. The molecule has 6 heteroatoms. The molecule has 4 rings (SSSR count). The van der Waals surface area contributed by atoms with E-state index in [1.54, 1.807) is 11.6 Å². The molecule has 160 valence electrons. The zero-order valence-electron chi connectivity index (χ0n) is 18.7. The molecule has 0 aliphatic rings. The Morgan fingerprint density at radius 2 is 1.52 bits per heavy atom. The molecule has 0 saturated carbocycles.